The van der Waals surface area contributed by atoms with Gasteiger partial charge in [0.1, 0.15) is 5.92 Å². The van der Waals surface area contributed by atoms with Gasteiger partial charge in [0.25, 0.3) is 0 Å². The summed E-state index contributed by atoms with van der Waals surface area (Å²) in [5, 5.41) is 38.2. The zero-order valence-electron chi connectivity index (χ0n) is 16.5. The van der Waals surface area contributed by atoms with Crippen molar-refractivity contribution in [2.24, 2.45) is 17.3 Å². The Kier molecular flexibility index (Phi) is 5.46. The lowest BCUT2D eigenvalue weighted by Gasteiger charge is -2.48. The molecule has 0 spiro atoms. The molecule has 3 rings (SSSR count). The Morgan fingerprint density at radius 2 is 1.80 bits per heavy atom. The Hall–Kier alpha value is -3.15. The van der Waals surface area contributed by atoms with E-state index in [4.69, 9.17) is 5.41 Å². The second-order valence-electron chi connectivity index (χ2n) is 7.93. The van der Waals surface area contributed by atoms with Crippen molar-refractivity contribution in [2.75, 3.05) is 13.1 Å². The van der Waals surface area contributed by atoms with Gasteiger partial charge in [-0.25, -0.2) is 0 Å². The fraction of sp³-hybridized carbons (Fsp3) is 0.455. The molecule has 1 aromatic rings. The zero-order valence-corrected chi connectivity index (χ0v) is 16.5. The summed E-state index contributed by atoms with van der Waals surface area (Å²) in [6, 6.07) is 10.7. The summed E-state index contributed by atoms with van der Waals surface area (Å²) in [4.78, 5) is 2.03. The molecular formula is C22H20F3N5. The quantitative estimate of drug-likeness (QED) is 0.735. The van der Waals surface area contributed by atoms with Gasteiger partial charge in [0.15, 0.2) is 5.41 Å². The Bertz CT molecular complexity index is 1000. The van der Waals surface area contributed by atoms with Crippen molar-refractivity contribution >= 4 is 5.71 Å². The van der Waals surface area contributed by atoms with Gasteiger partial charge in [-0.2, -0.15) is 29.0 Å². The number of nitriles is 3. The molecular weight excluding hydrogens is 391 g/mol. The van der Waals surface area contributed by atoms with Gasteiger partial charge in [-0.1, -0.05) is 24.3 Å². The van der Waals surface area contributed by atoms with Gasteiger partial charge in [-0.05, 0) is 31.1 Å². The third-order valence-electron chi connectivity index (χ3n) is 6.15. The fourth-order valence-electron chi connectivity index (χ4n) is 4.62. The molecule has 8 heteroatoms. The Morgan fingerprint density at radius 3 is 2.33 bits per heavy atom. The highest BCUT2D eigenvalue weighted by atomic mass is 19.4. The van der Waals surface area contributed by atoms with Gasteiger partial charge in [0, 0.05) is 31.0 Å². The topological polar surface area (TPSA) is 98.5 Å². The maximum Gasteiger partial charge on any atom is 0.416 e. The van der Waals surface area contributed by atoms with Crippen molar-refractivity contribution in [3.8, 4) is 18.2 Å². The van der Waals surface area contributed by atoms with Crippen LogP contribution in [-0.2, 0) is 6.18 Å². The van der Waals surface area contributed by atoms with Crippen LogP contribution in [0.4, 0.5) is 13.2 Å². The predicted octanol–water partition coefficient (Wildman–Crippen LogP) is 4.26. The molecule has 0 amide bonds. The van der Waals surface area contributed by atoms with Crippen molar-refractivity contribution in [3.05, 3.63) is 47.0 Å². The van der Waals surface area contributed by atoms with Gasteiger partial charge in [0.05, 0.1) is 29.5 Å². The van der Waals surface area contributed by atoms with Crippen LogP contribution in [0.15, 0.2) is 35.9 Å². The van der Waals surface area contributed by atoms with E-state index in [2.05, 4.69) is 0 Å². The Balaban J connectivity index is 2.33. The number of alkyl halides is 3. The first kappa shape index (κ1) is 21.6. The predicted molar refractivity (Wildman–Crippen MR) is 103 cm³/mol. The molecule has 154 valence electrons. The molecule has 1 heterocycles. The lowest BCUT2D eigenvalue weighted by Crippen LogP contribution is -2.54. The van der Waals surface area contributed by atoms with E-state index in [0.29, 0.717) is 18.7 Å². The van der Waals surface area contributed by atoms with Crippen molar-refractivity contribution in [1.82, 2.24) is 4.90 Å². The maximum atomic E-state index is 13.8. The first-order valence-corrected chi connectivity index (χ1v) is 9.53. The van der Waals surface area contributed by atoms with E-state index in [0.717, 1.165) is 6.07 Å². The highest BCUT2D eigenvalue weighted by molar-refractivity contribution is 6.00. The number of nitrogens with one attached hydrogen (secondary N) is 1. The summed E-state index contributed by atoms with van der Waals surface area (Å²) >= 11 is 0. The van der Waals surface area contributed by atoms with Crippen LogP contribution in [0, 0.1) is 56.7 Å². The minimum Gasteiger partial charge on any atom is -0.305 e. The largest absolute Gasteiger partial charge is 0.416 e. The molecule has 5 nitrogen and oxygen atoms in total. The second-order valence-corrected chi connectivity index (χ2v) is 7.93. The second kappa shape index (κ2) is 7.59. The van der Waals surface area contributed by atoms with Gasteiger partial charge in [-0.15, -0.1) is 0 Å². The van der Waals surface area contributed by atoms with Crippen molar-refractivity contribution in [1.29, 1.82) is 21.2 Å². The monoisotopic (exact) mass is 411 g/mol. The average molecular weight is 411 g/mol. The van der Waals surface area contributed by atoms with Gasteiger partial charge in [-0.3, -0.25) is 4.90 Å². The number of nitrogens with zero attached hydrogens (tertiary/aromatic N) is 4. The molecule has 2 aliphatic rings. The minimum atomic E-state index is -4.68. The first-order valence-electron chi connectivity index (χ1n) is 9.53. The van der Waals surface area contributed by atoms with Crippen LogP contribution in [0.25, 0.3) is 0 Å². The van der Waals surface area contributed by atoms with E-state index < -0.39 is 40.6 Å². The molecule has 1 aliphatic heterocycles. The number of rotatable bonds is 2. The van der Waals surface area contributed by atoms with Crippen LogP contribution in [0.5, 0.6) is 0 Å². The number of hydrogen-bond donors (Lipinski definition) is 1. The number of benzene rings is 1. The van der Waals surface area contributed by atoms with E-state index in [-0.39, 0.29) is 11.6 Å². The van der Waals surface area contributed by atoms with Crippen LogP contribution in [0.2, 0.25) is 0 Å². The number of fused-ring (bicyclic) bond motifs is 1. The number of halogens is 3. The van der Waals surface area contributed by atoms with Crippen LogP contribution in [-0.4, -0.2) is 29.7 Å². The average Bonchev–Trinajstić information content (AvgIpc) is 2.72. The first-order chi connectivity index (χ1) is 14.1. The minimum absolute atomic E-state index is 0.0850. The van der Waals surface area contributed by atoms with E-state index in [1.807, 2.05) is 37.0 Å². The number of hydrogen-bond acceptors (Lipinski definition) is 5. The fourth-order valence-corrected chi connectivity index (χ4v) is 4.62. The van der Waals surface area contributed by atoms with Gasteiger partial charge in [0.2, 0.25) is 0 Å². The summed E-state index contributed by atoms with van der Waals surface area (Å²) in [5.41, 5.74) is -3.19. The summed E-state index contributed by atoms with van der Waals surface area (Å²) in [7, 11) is 0. The van der Waals surface area contributed by atoms with Crippen molar-refractivity contribution < 1.29 is 13.2 Å². The van der Waals surface area contributed by atoms with Gasteiger partial charge >= 0.3 is 6.18 Å². The Morgan fingerprint density at radius 1 is 1.17 bits per heavy atom. The Labute approximate surface area is 173 Å². The van der Waals surface area contributed by atoms with E-state index in [1.54, 1.807) is 6.08 Å². The molecule has 0 bridgehead atoms. The van der Waals surface area contributed by atoms with Gasteiger partial charge < -0.3 is 5.41 Å². The molecule has 1 unspecified atom stereocenters. The van der Waals surface area contributed by atoms with Crippen LogP contribution in [0.1, 0.15) is 30.9 Å². The lowest BCUT2D eigenvalue weighted by molar-refractivity contribution is -0.138. The third-order valence-corrected chi connectivity index (χ3v) is 6.15. The summed E-state index contributed by atoms with van der Waals surface area (Å²) in [6.45, 7) is 4.70. The molecule has 1 saturated carbocycles. The maximum absolute atomic E-state index is 13.8. The molecule has 30 heavy (non-hydrogen) atoms. The van der Waals surface area contributed by atoms with Crippen LogP contribution < -0.4 is 0 Å². The van der Waals surface area contributed by atoms with Crippen molar-refractivity contribution in [2.45, 2.75) is 32.0 Å². The molecule has 1 N–H and O–H groups in total. The molecule has 0 aromatic heterocycles. The molecule has 1 aliphatic carbocycles. The van der Waals surface area contributed by atoms with Crippen LogP contribution in [0.3, 0.4) is 0 Å². The molecule has 1 aromatic carbocycles. The smallest absolute Gasteiger partial charge is 0.305 e. The molecule has 0 saturated heterocycles. The highest BCUT2D eigenvalue weighted by Gasteiger charge is 2.59. The van der Waals surface area contributed by atoms with Crippen LogP contribution >= 0.6 is 0 Å². The summed E-state index contributed by atoms with van der Waals surface area (Å²) in [6.07, 6.45) is -2.91. The summed E-state index contributed by atoms with van der Waals surface area (Å²) < 4.78 is 41.5. The zero-order chi connectivity index (χ0) is 22.3. The normalized spacial score (nSPS) is 26.2. The molecule has 1 fully saturated rings. The lowest BCUT2D eigenvalue weighted by atomic mass is 9.54. The van der Waals surface area contributed by atoms with E-state index >= 15 is 0 Å². The summed E-state index contributed by atoms with van der Waals surface area (Å²) in [5.74, 6) is -2.98. The van der Waals surface area contributed by atoms with Crippen molar-refractivity contribution in [3.63, 3.8) is 0 Å². The highest BCUT2D eigenvalue weighted by Crippen LogP contribution is 2.55. The molecule has 0 radical (unpaired) electrons. The SMILES string of the molecule is CC(C)N1CC=C2C(C#N)C(=N)C(C#N)(C#N)[C@@H](c3ccccc3C(F)(F)F)[C@@H]2C1. The third kappa shape index (κ3) is 3.16. The molecule has 3 atom stereocenters. The van der Waals surface area contributed by atoms with E-state index in [1.165, 1.54) is 18.2 Å². The van der Waals surface area contributed by atoms with E-state index in [9.17, 15) is 29.0 Å². The standard InChI is InChI=1S/C22H20F3N5/c1-13(2)30-8-7-14-16(9-26)20(29)21(11-27,12-28)19(17(14)10-30)15-5-3-4-6-18(15)22(23,24)25/h3-7,13,16-17,19,29H,8,10H2,1-2H3/t16?,17-,19+/m1/s1.